The van der Waals surface area contributed by atoms with Crippen LogP contribution in [0, 0.1) is 0 Å². The molecule has 112 valence electrons. The third kappa shape index (κ3) is 4.14. The third-order valence-electron chi connectivity index (χ3n) is 2.92. The first-order valence-corrected chi connectivity index (χ1v) is 7.76. The second kappa shape index (κ2) is 6.51. The zero-order chi connectivity index (χ0) is 15.3. The first-order chi connectivity index (χ1) is 9.99. The number of aliphatic carboxylic acids is 1. The quantitative estimate of drug-likeness (QED) is 0.699. The van der Waals surface area contributed by atoms with Crippen molar-refractivity contribution in [2.45, 2.75) is 23.9 Å². The van der Waals surface area contributed by atoms with Crippen LogP contribution in [0.4, 0.5) is 0 Å². The molecule has 2 aromatic rings. The fraction of sp³-hybridized carbons (Fsp3) is 0.231. The minimum atomic E-state index is -3.91. The first kappa shape index (κ1) is 15.2. The molecule has 7 nitrogen and oxygen atoms in total. The maximum Gasteiger partial charge on any atom is 0.321 e. The molecule has 0 spiro atoms. The lowest BCUT2D eigenvalue weighted by molar-refractivity contribution is -0.139. The van der Waals surface area contributed by atoms with E-state index in [1.165, 1.54) is 12.3 Å². The van der Waals surface area contributed by atoms with Gasteiger partial charge in [-0.05, 0) is 24.5 Å². The van der Waals surface area contributed by atoms with Crippen molar-refractivity contribution in [1.29, 1.82) is 0 Å². The maximum absolute atomic E-state index is 12.0. The Morgan fingerprint density at radius 2 is 2.00 bits per heavy atom. The zero-order valence-electron chi connectivity index (χ0n) is 11.1. The van der Waals surface area contributed by atoms with Gasteiger partial charge in [0, 0.05) is 0 Å². The molecule has 1 aromatic carbocycles. The highest BCUT2D eigenvalue weighted by Gasteiger charge is 2.25. The average molecular weight is 309 g/mol. The SMILES string of the molecule is O=C(O)C(CCc1ccccc1)NS(=O)(=O)c1ccn[nH]1. The Labute approximate surface area is 122 Å². The van der Waals surface area contributed by atoms with Gasteiger partial charge < -0.3 is 5.11 Å². The van der Waals surface area contributed by atoms with Crippen LogP contribution in [0.25, 0.3) is 0 Å². The molecule has 0 fully saturated rings. The van der Waals surface area contributed by atoms with Gasteiger partial charge in [-0.1, -0.05) is 30.3 Å². The van der Waals surface area contributed by atoms with Crippen LogP contribution in [0.1, 0.15) is 12.0 Å². The van der Waals surface area contributed by atoms with Crippen molar-refractivity contribution in [1.82, 2.24) is 14.9 Å². The highest BCUT2D eigenvalue weighted by molar-refractivity contribution is 7.89. The Balaban J connectivity index is 2.05. The number of hydrogen-bond donors (Lipinski definition) is 3. The predicted molar refractivity (Wildman–Crippen MR) is 75.1 cm³/mol. The van der Waals surface area contributed by atoms with Crippen molar-refractivity contribution in [2.75, 3.05) is 0 Å². The van der Waals surface area contributed by atoms with Crippen LogP contribution in [-0.2, 0) is 21.2 Å². The fourth-order valence-electron chi connectivity index (χ4n) is 1.83. The van der Waals surface area contributed by atoms with E-state index in [2.05, 4.69) is 14.9 Å². The molecular weight excluding hydrogens is 294 g/mol. The summed E-state index contributed by atoms with van der Waals surface area (Å²) in [6, 6.07) is 9.35. The lowest BCUT2D eigenvalue weighted by Gasteiger charge is -2.13. The highest BCUT2D eigenvalue weighted by atomic mass is 32.2. The molecule has 0 aliphatic heterocycles. The Bertz CT molecular complexity index is 683. The average Bonchev–Trinajstić information content (AvgIpc) is 2.99. The van der Waals surface area contributed by atoms with Crippen molar-refractivity contribution >= 4 is 16.0 Å². The minimum absolute atomic E-state index is 0.159. The largest absolute Gasteiger partial charge is 0.480 e. The van der Waals surface area contributed by atoms with Gasteiger partial charge in [-0.25, -0.2) is 8.42 Å². The number of carboxylic acids is 1. The molecule has 2 rings (SSSR count). The van der Waals surface area contributed by atoms with Crippen LogP contribution in [0.2, 0.25) is 0 Å². The maximum atomic E-state index is 12.0. The van der Waals surface area contributed by atoms with Crippen LogP contribution in [0.15, 0.2) is 47.6 Å². The number of benzene rings is 1. The molecule has 0 bridgehead atoms. The minimum Gasteiger partial charge on any atom is -0.480 e. The van der Waals surface area contributed by atoms with E-state index in [1.54, 1.807) is 0 Å². The smallest absolute Gasteiger partial charge is 0.321 e. The number of nitrogens with one attached hydrogen (secondary N) is 2. The van der Waals surface area contributed by atoms with Crippen LogP contribution in [0.3, 0.4) is 0 Å². The summed E-state index contributed by atoms with van der Waals surface area (Å²) >= 11 is 0. The van der Waals surface area contributed by atoms with Crippen molar-refractivity contribution in [3.8, 4) is 0 Å². The molecule has 21 heavy (non-hydrogen) atoms. The van der Waals surface area contributed by atoms with E-state index in [9.17, 15) is 13.2 Å². The highest BCUT2D eigenvalue weighted by Crippen LogP contribution is 2.09. The summed E-state index contributed by atoms with van der Waals surface area (Å²) in [7, 11) is -3.91. The zero-order valence-corrected chi connectivity index (χ0v) is 11.9. The Hall–Kier alpha value is -2.19. The van der Waals surface area contributed by atoms with E-state index in [1.807, 2.05) is 30.3 Å². The number of nitrogens with zero attached hydrogens (tertiary/aromatic N) is 1. The first-order valence-electron chi connectivity index (χ1n) is 6.27. The molecule has 0 radical (unpaired) electrons. The normalized spacial score (nSPS) is 13.0. The summed E-state index contributed by atoms with van der Waals surface area (Å²) in [5.41, 5.74) is 0.949. The van der Waals surface area contributed by atoms with E-state index in [4.69, 9.17) is 5.11 Å². The number of carboxylic acid groups (broad SMARTS) is 1. The molecule has 1 heterocycles. The van der Waals surface area contributed by atoms with E-state index in [0.717, 1.165) is 5.56 Å². The van der Waals surface area contributed by atoms with Crippen molar-refractivity contribution in [2.24, 2.45) is 0 Å². The number of hydrogen-bond acceptors (Lipinski definition) is 4. The topological polar surface area (TPSA) is 112 Å². The van der Waals surface area contributed by atoms with Crippen molar-refractivity contribution in [3.05, 3.63) is 48.2 Å². The molecule has 0 aliphatic rings. The number of sulfonamides is 1. The van der Waals surface area contributed by atoms with Crippen LogP contribution < -0.4 is 4.72 Å². The van der Waals surface area contributed by atoms with E-state index in [-0.39, 0.29) is 11.4 Å². The number of carbonyl (C=O) groups is 1. The number of aryl methyl sites for hydroxylation is 1. The summed E-state index contributed by atoms with van der Waals surface area (Å²) < 4.78 is 26.1. The molecule has 1 atom stereocenters. The Morgan fingerprint density at radius 1 is 1.29 bits per heavy atom. The number of aromatic nitrogens is 2. The van der Waals surface area contributed by atoms with Crippen LogP contribution >= 0.6 is 0 Å². The predicted octanol–water partition coefficient (Wildman–Crippen LogP) is 0.774. The van der Waals surface area contributed by atoms with Gasteiger partial charge in [0.15, 0.2) is 5.03 Å². The Kier molecular flexibility index (Phi) is 4.71. The summed E-state index contributed by atoms with van der Waals surface area (Å²) in [5.74, 6) is -1.21. The van der Waals surface area contributed by atoms with Crippen molar-refractivity contribution in [3.63, 3.8) is 0 Å². The van der Waals surface area contributed by atoms with E-state index in [0.29, 0.717) is 6.42 Å². The molecule has 1 unspecified atom stereocenters. The van der Waals surface area contributed by atoms with Gasteiger partial charge >= 0.3 is 5.97 Å². The van der Waals surface area contributed by atoms with Gasteiger partial charge in [0.2, 0.25) is 0 Å². The van der Waals surface area contributed by atoms with Crippen molar-refractivity contribution < 1.29 is 18.3 Å². The van der Waals surface area contributed by atoms with Crippen LogP contribution in [0.5, 0.6) is 0 Å². The van der Waals surface area contributed by atoms with Gasteiger partial charge in [-0.3, -0.25) is 9.89 Å². The summed E-state index contributed by atoms with van der Waals surface area (Å²) in [6.45, 7) is 0. The van der Waals surface area contributed by atoms with E-state index >= 15 is 0 Å². The second-order valence-electron chi connectivity index (χ2n) is 4.46. The van der Waals surface area contributed by atoms with Gasteiger partial charge in [0.1, 0.15) is 6.04 Å². The van der Waals surface area contributed by atoms with Crippen LogP contribution in [-0.4, -0.2) is 35.7 Å². The molecule has 0 saturated carbocycles. The number of rotatable bonds is 7. The lowest BCUT2D eigenvalue weighted by atomic mass is 10.1. The van der Waals surface area contributed by atoms with Gasteiger partial charge in [-0.2, -0.15) is 9.82 Å². The fourth-order valence-corrected chi connectivity index (χ4v) is 2.97. The second-order valence-corrected chi connectivity index (χ2v) is 6.14. The molecular formula is C13H15N3O4S. The van der Waals surface area contributed by atoms with Gasteiger partial charge in [0.25, 0.3) is 10.0 Å². The summed E-state index contributed by atoms with van der Waals surface area (Å²) in [6.07, 6.45) is 1.91. The molecule has 3 N–H and O–H groups in total. The molecule has 0 aliphatic carbocycles. The molecule has 0 amide bonds. The molecule has 1 aromatic heterocycles. The number of H-pyrrole nitrogens is 1. The lowest BCUT2D eigenvalue weighted by Crippen LogP contribution is -2.41. The summed E-state index contributed by atoms with van der Waals surface area (Å²) in [5, 5.41) is 14.8. The van der Waals surface area contributed by atoms with Gasteiger partial charge in [-0.15, -0.1) is 0 Å². The Morgan fingerprint density at radius 3 is 2.57 bits per heavy atom. The summed E-state index contributed by atoms with van der Waals surface area (Å²) in [4.78, 5) is 11.2. The van der Waals surface area contributed by atoms with E-state index < -0.39 is 22.0 Å². The monoisotopic (exact) mass is 309 g/mol. The third-order valence-corrected chi connectivity index (χ3v) is 4.33. The number of aromatic amines is 1. The van der Waals surface area contributed by atoms with Gasteiger partial charge in [0.05, 0.1) is 6.20 Å². The molecule has 0 saturated heterocycles. The molecule has 8 heteroatoms. The standard InChI is InChI=1S/C13H15N3O4S/c17-13(18)11(7-6-10-4-2-1-3-5-10)16-21(19,20)12-8-9-14-15-12/h1-5,8-9,11,16H,6-7H2,(H,14,15)(H,17,18).